The Morgan fingerprint density at radius 3 is 2.74 bits per heavy atom. The van der Waals surface area contributed by atoms with Gasteiger partial charge in [-0.05, 0) is 70.0 Å². The molecule has 0 saturated carbocycles. The maximum absolute atomic E-state index is 12.4. The summed E-state index contributed by atoms with van der Waals surface area (Å²) in [5.74, 6) is 1.65. The van der Waals surface area contributed by atoms with Gasteiger partial charge in [-0.2, -0.15) is 0 Å². The number of nitrogens with zero attached hydrogens (tertiary/aromatic N) is 3. The number of piperidine rings is 4. The van der Waals surface area contributed by atoms with E-state index in [1.807, 2.05) is 0 Å². The predicted octanol–water partition coefficient (Wildman–Crippen LogP) is 1.31. The summed E-state index contributed by atoms with van der Waals surface area (Å²) in [5.41, 5.74) is 0. The Bertz CT molecular complexity index is 534. The normalized spacial score (nSPS) is 32.2. The molecule has 0 spiro atoms. The molecule has 0 aromatic carbocycles. The maximum Gasteiger partial charge on any atom is 0.234 e. The van der Waals surface area contributed by atoms with E-state index in [-0.39, 0.29) is 5.91 Å². The molecule has 6 heteroatoms. The van der Waals surface area contributed by atoms with Crippen molar-refractivity contribution in [3.8, 4) is 0 Å². The molecule has 4 heterocycles. The fourth-order valence-corrected chi connectivity index (χ4v) is 5.81. The second-order valence-corrected chi connectivity index (χ2v) is 9.17. The molecule has 6 nitrogen and oxygen atoms in total. The van der Waals surface area contributed by atoms with Gasteiger partial charge >= 0.3 is 0 Å². The summed E-state index contributed by atoms with van der Waals surface area (Å²) in [6.45, 7) is 7.74. The first-order chi connectivity index (χ1) is 13.2. The summed E-state index contributed by atoms with van der Waals surface area (Å²) in [6, 6.07) is 0.429. The molecule has 4 fully saturated rings. The van der Waals surface area contributed by atoms with Crippen LogP contribution in [-0.2, 0) is 9.59 Å². The number of hydrogen-bond acceptors (Lipinski definition) is 4. The SMILES string of the molecule is O=C(CN1C[C@H]2C[C@H](C1)[C@H]1CCCC(=O)N1C2)NCCCN1CCCCC1. The minimum Gasteiger partial charge on any atom is -0.355 e. The molecule has 152 valence electrons. The molecule has 2 amide bonds. The topological polar surface area (TPSA) is 55.9 Å². The van der Waals surface area contributed by atoms with Gasteiger partial charge in [-0.3, -0.25) is 14.5 Å². The van der Waals surface area contributed by atoms with Gasteiger partial charge in [-0.1, -0.05) is 6.42 Å². The Balaban J connectivity index is 1.18. The van der Waals surface area contributed by atoms with Crippen molar-refractivity contribution < 1.29 is 9.59 Å². The second-order valence-electron chi connectivity index (χ2n) is 9.17. The standard InChI is InChI=1S/C21H36N4O2/c26-20(22-8-5-11-23-9-2-1-3-10-23)16-24-13-17-12-18(15-24)19-6-4-7-21(27)25(19)14-17/h17-19H,1-16H2,(H,22,26)/t17-,18-,19-/m1/s1. The van der Waals surface area contributed by atoms with Crippen LogP contribution >= 0.6 is 0 Å². The van der Waals surface area contributed by atoms with Gasteiger partial charge in [0.25, 0.3) is 0 Å². The average molecular weight is 377 g/mol. The number of rotatable bonds is 6. The van der Waals surface area contributed by atoms with Crippen LogP contribution in [0.4, 0.5) is 0 Å². The van der Waals surface area contributed by atoms with Gasteiger partial charge < -0.3 is 15.1 Å². The Morgan fingerprint density at radius 1 is 1.04 bits per heavy atom. The highest BCUT2D eigenvalue weighted by Gasteiger charge is 2.43. The Labute approximate surface area is 163 Å². The van der Waals surface area contributed by atoms with Crippen molar-refractivity contribution in [2.45, 2.75) is 57.4 Å². The van der Waals surface area contributed by atoms with Crippen LogP contribution < -0.4 is 5.32 Å². The zero-order valence-corrected chi connectivity index (χ0v) is 16.7. The lowest BCUT2D eigenvalue weighted by molar-refractivity contribution is -0.145. The number of carbonyl (C=O) groups is 2. The molecule has 27 heavy (non-hydrogen) atoms. The van der Waals surface area contributed by atoms with E-state index in [0.29, 0.717) is 30.3 Å². The van der Waals surface area contributed by atoms with Crippen molar-refractivity contribution in [1.82, 2.24) is 20.0 Å². The second kappa shape index (κ2) is 8.91. The maximum atomic E-state index is 12.4. The zero-order valence-electron chi connectivity index (χ0n) is 16.7. The van der Waals surface area contributed by atoms with Crippen LogP contribution in [-0.4, -0.2) is 84.9 Å². The Morgan fingerprint density at radius 2 is 1.89 bits per heavy atom. The predicted molar refractivity (Wildman–Crippen MR) is 105 cm³/mol. The first-order valence-electron chi connectivity index (χ1n) is 11.2. The highest BCUT2D eigenvalue weighted by molar-refractivity contribution is 5.78. The molecule has 4 aliphatic rings. The smallest absolute Gasteiger partial charge is 0.234 e. The first kappa shape index (κ1) is 19.2. The minimum atomic E-state index is 0.171. The third kappa shape index (κ3) is 4.83. The highest BCUT2D eigenvalue weighted by Crippen LogP contribution is 2.37. The van der Waals surface area contributed by atoms with Gasteiger partial charge in [0.15, 0.2) is 0 Å². The van der Waals surface area contributed by atoms with Gasteiger partial charge in [-0.25, -0.2) is 0 Å². The average Bonchev–Trinajstić information content (AvgIpc) is 2.67. The van der Waals surface area contributed by atoms with E-state index in [4.69, 9.17) is 0 Å². The molecule has 4 aliphatic heterocycles. The Hall–Kier alpha value is -1.14. The third-order valence-electron chi connectivity index (χ3n) is 7.04. The molecular formula is C21H36N4O2. The molecule has 0 aromatic rings. The van der Waals surface area contributed by atoms with Gasteiger partial charge in [-0.15, -0.1) is 0 Å². The fourth-order valence-electron chi connectivity index (χ4n) is 5.81. The van der Waals surface area contributed by atoms with E-state index in [9.17, 15) is 9.59 Å². The lowest BCUT2D eigenvalue weighted by Gasteiger charge is -2.52. The first-order valence-corrected chi connectivity index (χ1v) is 11.2. The quantitative estimate of drug-likeness (QED) is 0.710. The van der Waals surface area contributed by atoms with E-state index in [1.54, 1.807) is 0 Å². The summed E-state index contributed by atoms with van der Waals surface area (Å²) < 4.78 is 0. The molecular weight excluding hydrogens is 340 g/mol. The monoisotopic (exact) mass is 376 g/mol. The summed E-state index contributed by atoms with van der Waals surface area (Å²) in [4.78, 5) is 31.6. The van der Waals surface area contributed by atoms with E-state index < -0.39 is 0 Å². The summed E-state index contributed by atoms with van der Waals surface area (Å²) in [5, 5.41) is 3.13. The van der Waals surface area contributed by atoms with Crippen LogP contribution in [0.5, 0.6) is 0 Å². The lowest BCUT2D eigenvalue weighted by atomic mass is 9.76. The molecule has 0 aliphatic carbocycles. The fraction of sp³-hybridized carbons (Fsp3) is 0.905. The molecule has 0 radical (unpaired) electrons. The van der Waals surface area contributed by atoms with Gasteiger partial charge in [0, 0.05) is 38.6 Å². The van der Waals surface area contributed by atoms with Crippen molar-refractivity contribution in [3.05, 3.63) is 0 Å². The molecule has 3 atom stereocenters. The largest absolute Gasteiger partial charge is 0.355 e. The van der Waals surface area contributed by atoms with Gasteiger partial charge in [0.2, 0.25) is 11.8 Å². The highest BCUT2D eigenvalue weighted by atomic mass is 16.2. The molecule has 0 unspecified atom stereocenters. The Kier molecular flexibility index (Phi) is 6.33. The van der Waals surface area contributed by atoms with Gasteiger partial charge in [0.1, 0.15) is 0 Å². The number of nitrogens with one attached hydrogen (secondary N) is 1. The van der Waals surface area contributed by atoms with E-state index in [2.05, 4.69) is 20.0 Å². The van der Waals surface area contributed by atoms with Crippen molar-refractivity contribution in [1.29, 1.82) is 0 Å². The number of carbonyl (C=O) groups excluding carboxylic acids is 2. The number of likely N-dealkylation sites (tertiary alicyclic amines) is 2. The summed E-state index contributed by atoms with van der Waals surface area (Å²) >= 11 is 0. The molecule has 4 saturated heterocycles. The summed E-state index contributed by atoms with van der Waals surface area (Å²) in [6.07, 6.45) is 9.25. The number of fused-ring (bicyclic) bond motifs is 4. The van der Waals surface area contributed by atoms with Crippen LogP contribution in [0.3, 0.4) is 0 Å². The van der Waals surface area contributed by atoms with Crippen molar-refractivity contribution in [2.24, 2.45) is 11.8 Å². The third-order valence-corrected chi connectivity index (χ3v) is 7.04. The van der Waals surface area contributed by atoms with E-state index >= 15 is 0 Å². The zero-order chi connectivity index (χ0) is 18.6. The summed E-state index contributed by atoms with van der Waals surface area (Å²) in [7, 11) is 0. The van der Waals surface area contributed by atoms with Crippen molar-refractivity contribution >= 4 is 11.8 Å². The van der Waals surface area contributed by atoms with Crippen molar-refractivity contribution in [2.75, 3.05) is 52.4 Å². The van der Waals surface area contributed by atoms with E-state index in [0.717, 1.165) is 58.4 Å². The van der Waals surface area contributed by atoms with Crippen LogP contribution in [0.25, 0.3) is 0 Å². The minimum absolute atomic E-state index is 0.171. The number of amides is 2. The van der Waals surface area contributed by atoms with E-state index in [1.165, 1.54) is 38.8 Å². The molecule has 2 bridgehead atoms. The molecule has 4 rings (SSSR count). The van der Waals surface area contributed by atoms with Crippen LogP contribution in [0.1, 0.15) is 51.4 Å². The van der Waals surface area contributed by atoms with Crippen LogP contribution in [0, 0.1) is 11.8 Å². The lowest BCUT2D eigenvalue weighted by Crippen LogP contribution is -2.61. The van der Waals surface area contributed by atoms with Crippen LogP contribution in [0.15, 0.2) is 0 Å². The van der Waals surface area contributed by atoms with Gasteiger partial charge in [0.05, 0.1) is 6.54 Å². The number of hydrogen-bond donors (Lipinski definition) is 1. The van der Waals surface area contributed by atoms with Crippen LogP contribution in [0.2, 0.25) is 0 Å². The molecule has 0 aromatic heterocycles. The van der Waals surface area contributed by atoms with Crippen molar-refractivity contribution in [3.63, 3.8) is 0 Å². The molecule has 1 N–H and O–H groups in total.